The molecular formula is C12H26O4. The molecule has 4 nitrogen and oxygen atoms in total. The Morgan fingerprint density at radius 3 is 2.06 bits per heavy atom. The van der Waals surface area contributed by atoms with E-state index in [1.54, 1.807) is 0 Å². The molecule has 0 saturated heterocycles. The van der Waals surface area contributed by atoms with Crippen molar-refractivity contribution in [2.45, 2.75) is 45.1 Å². The molecule has 0 unspecified atom stereocenters. The second kappa shape index (κ2) is 12.9. The van der Waals surface area contributed by atoms with Gasteiger partial charge in [0.15, 0.2) is 0 Å². The van der Waals surface area contributed by atoms with Crippen LogP contribution in [-0.4, -0.2) is 49.4 Å². The van der Waals surface area contributed by atoms with Crippen molar-refractivity contribution in [2.24, 2.45) is 0 Å². The Bertz CT molecular complexity index is 122. The summed E-state index contributed by atoms with van der Waals surface area (Å²) < 4.78 is 10.1. The fraction of sp³-hybridized carbons (Fsp3) is 1.00. The summed E-state index contributed by atoms with van der Waals surface area (Å²) in [6, 6.07) is 0. The van der Waals surface area contributed by atoms with E-state index in [-0.39, 0.29) is 13.2 Å². The Morgan fingerprint density at radius 1 is 1.00 bits per heavy atom. The topological polar surface area (TPSA) is 58.9 Å². The average molecular weight is 234 g/mol. The molecule has 0 amide bonds. The van der Waals surface area contributed by atoms with Crippen molar-refractivity contribution in [3.63, 3.8) is 0 Å². The van der Waals surface area contributed by atoms with Crippen molar-refractivity contribution >= 4 is 0 Å². The molecule has 0 radical (unpaired) electrons. The van der Waals surface area contributed by atoms with Gasteiger partial charge in [0.25, 0.3) is 0 Å². The van der Waals surface area contributed by atoms with Crippen LogP contribution in [0, 0.1) is 0 Å². The van der Waals surface area contributed by atoms with Gasteiger partial charge in [-0.25, -0.2) is 0 Å². The molecule has 4 heteroatoms. The molecule has 1 fully saturated rings. The van der Waals surface area contributed by atoms with E-state index in [4.69, 9.17) is 14.9 Å². The molecule has 98 valence electrons. The number of rotatable bonds is 9. The molecule has 0 heterocycles. The molecule has 0 aromatic rings. The quantitative estimate of drug-likeness (QED) is 0.591. The van der Waals surface area contributed by atoms with Gasteiger partial charge < -0.3 is 19.7 Å². The SMILES string of the molecule is CCCCCOC1CC1.OCCOCCO. The summed E-state index contributed by atoms with van der Waals surface area (Å²) in [4.78, 5) is 0. The van der Waals surface area contributed by atoms with Crippen molar-refractivity contribution < 1.29 is 19.7 Å². The molecule has 1 rings (SSSR count). The standard InChI is InChI=1S/C8H16O.C4H10O3/c1-2-3-4-7-9-8-5-6-8;5-1-3-7-4-2-6/h8H,2-7H2,1H3;5-6H,1-4H2. The first-order valence-electron chi connectivity index (χ1n) is 6.26. The summed E-state index contributed by atoms with van der Waals surface area (Å²) in [6.45, 7) is 3.91. The summed E-state index contributed by atoms with van der Waals surface area (Å²) in [5.74, 6) is 0. The Morgan fingerprint density at radius 2 is 1.62 bits per heavy atom. The van der Waals surface area contributed by atoms with Gasteiger partial charge in [-0.15, -0.1) is 0 Å². The fourth-order valence-corrected chi connectivity index (χ4v) is 1.07. The van der Waals surface area contributed by atoms with Crippen LogP contribution < -0.4 is 0 Å². The van der Waals surface area contributed by atoms with E-state index in [0.717, 1.165) is 6.61 Å². The Balaban J connectivity index is 0.000000293. The van der Waals surface area contributed by atoms with Crippen molar-refractivity contribution in [1.82, 2.24) is 0 Å². The van der Waals surface area contributed by atoms with Crippen LogP contribution in [0.5, 0.6) is 0 Å². The van der Waals surface area contributed by atoms with Crippen LogP contribution in [0.25, 0.3) is 0 Å². The highest BCUT2D eigenvalue weighted by Gasteiger charge is 2.21. The Labute approximate surface area is 98.6 Å². The number of hydrogen-bond donors (Lipinski definition) is 2. The second-order valence-corrected chi connectivity index (χ2v) is 3.84. The molecule has 16 heavy (non-hydrogen) atoms. The predicted molar refractivity (Wildman–Crippen MR) is 63.5 cm³/mol. The number of ether oxygens (including phenoxy) is 2. The molecule has 2 N–H and O–H groups in total. The van der Waals surface area contributed by atoms with Gasteiger partial charge in [-0.2, -0.15) is 0 Å². The third-order valence-electron chi connectivity index (χ3n) is 2.10. The maximum absolute atomic E-state index is 8.09. The van der Waals surface area contributed by atoms with Crippen LogP contribution in [0.2, 0.25) is 0 Å². The maximum atomic E-state index is 8.09. The molecule has 0 atom stereocenters. The summed E-state index contributed by atoms with van der Waals surface area (Å²) in [5.41, 5.74) is 0. The highest BCUT2D eigenvalue weighted by atomic mass is 16.5. The van der Waals surface area contributed by atoms with Gasteiger partial charge >= 0.3 is 0 Å². The number of aliphatic hydroxyl groups is 2. The lowest BCUT2D eigenvalue weighted by Crippen LogP contribution is -2.03. The van der Waals surface area contributed by atoms with Gasteiger partial charge in [-0.3, -0.25) is 0 Å². The van der Waals surface area contributed by atoms with Crippen LogP contribution >= 0.6 is 0 Å². The van der Waals surface area contributed by atoms with E-state index in [1.807, 2.05) is 0 Å². The second-order valence-electron chi connectivity index (χ2n) is 3.84. The number of hydrogen-bond acceptors (Lipinski definition) is 4. The molecule has 0 bridgehead atoms. The number of unbranched alkanes of at least 4 members (excludes halogenated alkanes) is 2. The predicted octanol–water partition coefficient (Wildman–Crippen LogP) is 1.34. The molecule has 1 aliphatic carbocycles. The summed E-state index contributed by atoms with van der Waals surface area (Å²) in [6.07, 6.45) is 7.16. The van der Waals surface area contributed by atoms with Crippen LogP contribution in [0.4, 0.5) is 0 Å². The van der Waals surface area contributed by atoms with Crippen LogP contribution in [0.15, 0.2) is 0 Å². The van der Waals surface area contributed by atoms with Gasteiger partial charge in [-0.1, -0.05) is 19.8 Å². The molecule has 0 aromatic heterocycles. The van der Waals surface area contributed by atoms with E-state index < -0.39 is 0 Å². The minimum atomic E-state index is 0.0278. The summed E-state index contributed by atoms with van der Waals surface area (Å²) >= 11 is 0. The minimum absolute atomic E-state index is 0.0278. The van der Waals surface area contributed by atoms with E-state index >= 15 is 0 Å². The number of aliphatic hydroxyl groups excluding tert-OH is 2. The summed E-state index contributed by atoms with van der Waals surface area (Å²) in [7, 11) is 0. The van der Waals surface area contributed by atoms with E-state index in [0.29, 0.717) is 19.3 Å². The molecule has 1 saturated carbocycles. The highest BCUT2D eigenvalue weighted by Crippen LogP contribution is 2.23. The van der Waals surface area contributed by atoms with Gasteiger partial charge in [0.2, 0.25) is 0 Å². The van der Waals surface area contributed by atoms with Gasteiger partial charge in [-0.05, 0) is 19.3 Å². The molecule has 0 aliphatic heterocycles. The van der Waals surface area contributed by atoms with E-state index in [1.165, 1.54) is 32.1 Å². The third-order valence-corrected chi connectivity index (χ3v) is 2.10. The largest absolute Gasteiger partial charge is 0.394 e. The Hall–Kier alpha value is -0.160. The first-order chi connectivity index (χ1) is 7.85. The Kier molecular flexibility index (Phi) is 12.8. The van der Waals surface area contributed by atoms with E-state index in [2.05, 4.69) is 11.7 Å². The summed E-state index contributed by atoms with van der Waals surface area (Å²) in [5, 5.41) is 16.2. The molecule has 0 aromatic carbocycles. The third kappa shape index (κ3) is 13.8. The van der Waals surface area contributed by atoms with Crippen LogP contribution in [-0.2, 0) is 9.47 Å². The zero-order valence-corrected chi connectivity index (χ0v) is 10.4. The minimum Gasteiger partial charge on any atom is -0.394 e. The van der Waals surface area contributed by atoms with Gasteiger partial charge in [0.05, 0.1) is 32.5 Å². The zero-order chi connectivity index (χ0) is 12.1. The maximum Gasteiger partial charge on any atom is 0.0698 e. The molecule has 0 spiro atoms. The first-order valence-corrected chi connectivity index (χ1v) is 6.26. The van der Waals surface area contributed by atoms with Gasteiger partial charge in [0.1, 0.15) is 0 Å². The van der Waals surface area contributed by atoms with Crippen molar-refractivity contribution in [3.05, 3.63) is 0 Å². The lowest BCUT2D eigenvalue weighted by Gasteiger charge is -1.98. The normalized spacial score (nSPS) is 14.4. The fourth-order valence-electron chi connectivity index (χ4n) is 1.07. The van der Waals surface area contributed by atoms with Gasteiger partial charge in [0, 0.05) is 6.61 Å². The van der Waals surface area contributed by atoms with Crippen LogP contribution in [0.1, 0.15) is 39.0 Å². The van der Waals surface area contributed by atoms with Crippen molar-refractivity contribution in [1.29, 1.82) is 0 Å². The molecular weight excluding hydrogens is 208 g/mol. The van der Waals surface area contributed by atoms with E-state index in [9.17, 15) is 0 Å². The van der Waals surface area contributed by atoms with Crippen molar-refractivity contribution in [3.8, 4) is 0 Å². The monoisotopic (exact) mass is 234 g/mol. The zero-order valence-electron chi connectivity index (χ0n) is 10.4. The lowest BCUT2D eigenvalue weighted by atomic mass is 10.3. The highest BCUT2D eigenvalue weighted by molar-refractivity contribution is 4.72. The van der Waals surface area contributed by atoms with Crippen LogP contribution in [0.3, 0.4) is 0 Å². The average Bonchev–Trinajstić information content (AvgIpc) is 3.10. The first kappa shape index (κ1) is 15.8. The lowest BCUT2D eigenvalue weighted by molar-refractivity contribution is 0.0650. The smallest absolute Gasteiger partial charge is 0.0698 e. The molecule has 1 aliphatic rings. The van der Waals surface area contributed by atoms with Crippen molar-refractivity contribution in [2.75, 3.05) is 33.0 Å².